The summed E-state index contributed by atoms with van der Waals surface area (Å²) in [5.41, 5.74) is -0.571. The Balaban J connectivity index is 3.44. The second kappa shape index (κ2) is 5.20. The molecule has 1 rings (SSSR count). The van der Waals surface area contributed by atoms with Crippen molar-refractivity contribution >= 4 is 37.3 Å². The maximum absolute atomic E-state index is 13.7. The highest BCUT2D eigenvalue weighted by Crippen LogP contribution is 2.26. The minimum Gasteiger partial charge on any atom is -0.462 e. The molecule has 0 radical (unpaired) electrons. The van der Waals surface area contributed by atoms with Crippen LogP contribution in [0.25, 0.3) is 0 Å². The van der Waals surface area contributed by atoms with Crippen LogP contribution in [-0.2, 0) is 13.8 Å². The minimum absolute atomic E-state index is 0.0216. The van der Waals surface area contributed by atoms with Crippen molar-refractivity contribution < 1.29 is 22.3 Å². The molecule has 0 bridgehead atoms. The third-order valence-electron chi connectivity index (χ3n) is 1.76. The quantitative estimate of drug-likeness (QED) is 0.636. The van der Waals surface area contributed by atoms with Gasteiger partial charge >= 0.3 is 5.97 Å². The predicted molar refractivity (Wildman–Crippen MR) is 60.4 cm³/mol. The van der Waals surface area contributed by atoms with Gasteiger partial charge in [0.1, 0.15) is 4.90 Å². The largest absolute Gasteiger partial charge is 0.462 e. The van der Waals surface area contributed by atoms with Gasteiger partial charge in [-0.1, -0.05) is 11.6 Å². The van der Waals surface area contributed by atoms with E-state index in [1.807, 2.05) is 0 Å². The molecule has 17 heavy (non-hydrogen) atoms. The summed E-state index contributed by atoms with van der Waals surface area (Å²) in [6.45, 7) is 1.55. The maximum Gasteiger partial charge on any atom is 0.341 e. The maximum atomic E-state index is 13.7. The Labute approximate surface area is 107 Å². The summed E-state index contributed by atoms with van der Waals surface area (Å²) < 4.78 is 40.4. The molecule has 0 atom stereocenters. The van der Waals surface area contributed by atoms with E-state index in [-0.39, 0.29) is 11.6 Å². The first-order valence-electron chi connectivity index (χ1n) is 4.38. The Morgan fingerprint density at radius 2 is 2.06 bits per heavy atom. The molecule has 0 spiro atoms. The van der Waals surface area contributed by atoms with E-state index in [9.17, 15) is 17.6 Å². The smallest absolute Gasteiger partial charge is 0.341 e. The molecule has 0 heterocycles. The van der Waals surface area contributed by atoms with Crippen molar-refractivity contribution in [2.45, 2.75) is 11.8 Å². The van der Waals surface area contributed by atoms with Crippen LogP contribution in [-0.4, -0.2) is 21.0 Å². The van der Waals surface area contributed by atoms with Gasteiger partial charge < -0.3 is 4.74 Å². The first-order chi connectivity index (χ1) is 7.77. The highest BCUT2D eigenvalue weighted by Gasteiger charge is 2.24. The van der Waals surface area contributed by atoms with Gasteiger partial charge in [0, 0.05) is 15.7 Å². The average molecular weight is 301 g/mol. The number of rotatable bonds is 3. The summed E-state index contributed by atoms with van der Waals surface area (Å²) in [5, 5.41) is -0.131. The fourth-order valence-corrected chi connectivity index (χ4v) is 2.31. The Hall–Kier alpha value is -0.850. The predicted octanol–water partition coefficient (Wildman–Crippen LogP) is 2.58. The normalized spacial score (nSPS) is 11.3. The summed E-state index contributed by atoms with van der Waals surface area (Å²) >= 11 is 5.57. The molecule has 4 nitrogen and oxygen atoms in total. The molecular weight excluding hydrogens is 294 g/mol. The van der Waals surface area contributed by atoms with E-state index in [0.29, 0.717) is 0 Å². The number of ether oxygens (including phenoxy) is 1. The van der Waals surface area contributed by atoms with Crippen LogP contribution in [0.3, 0.4) is 0 Å². The monoisotopic (exact) mass is 300 g/mol. The van der Waals surface area contributed by atoms with Crippen LogP contribution in [0.5, 0.6) is 0 Å². The van der Waals surface area contributed by atoms with Crippen LogP contribution in [0.1, 0.15) is 17.3 Å². The molecule has 0 N–H and O–H groups in total. The number of hydrogen-bond donors (Lipinski definition) is 0. The van der Waals surface area contributed by atoms with Crippen molar-refractivity contribution in [1.29, 1.82) is 0 Å². The van der Waals surface area contributed by atoms with Crippen molar-refractivity contribution in [2.24, 2.45) is 0 Å². The standard InChI is InChI=1S/C9H7Cl2FO4S/c1-2-16-9(13)6-3-5(10)4-7(8(6)12)17(11,14)15/h3-4H,2H2,1H3. The molecule has 8 heteroatoms. The second-order valence-electron chi connectivity index (χ2n) is 2.92. The van der Waals surface area contributed by atoms with E-state index < -0.39 is 31.3 Å². The lowest BCUT2D eigenvalue weighted by molar-refractivity contribution is 0.0520. The first kappa shape index (κ1) is 14.2. The molecular formula is C9H7Cl2FO4S. The van der Waals surface area contributed by atoms with Crippen molar-refractivity contribution in [3.63, 3.8) is 0 Å². The fourth-order valence-electron chi connectivity index (χ4n) is 1.10. The number of carbonyl (C=O) groups is 1. The molecule has 0 aliphatic carbocycles. The van der Waals surface area contributed by atoms with E-state index in [4.69, 9.17) is 22.3 Å². The topological polar surface area (TPSA) is 60.4 Å². The lowest BCUT2D eigenvalue weighted by atomic mass is 10.2. The molecule has 0 fully saturated rings. The molecule has 0 saturated heterocycles. The molecule has 1 aromatic carbocycles. The van der Waals surface area contributed by atoms with Crippen LogP contribution < -0.4 is 0 Å². The Bertz CT molecular complexity index is 556. The summed E-state index contributed by atoms with van der Waals surface area (Å²) in [4.78, 5) is 10.5. The van der Waals surface area contributed by atoms with Gasteiger partial charge in [0.05, 0.1) is 12.2 Å². The van der Waals surface area contributed by atoms with Gasteiger partial charge in [0.15, 0.2) is 5.82 Å². The highest BCUT2D eigenvalue weighted by molar-refractivity contribution is 8.13. The zero-order chi connectivity index (χ0) is 13.2. The van der Waals surface area contributed by atoms with Crippen molar-refractivity contribution in [2.75, 3.05) is 6.61 Å². The Kier molecular flexibility index (Phi) is 4.35. The lowest BCUT2D eigenvalue weighted by Gasteiger charge is -2.06. The minimum atomic E-state index is -4.32. The van der Waals surface area contributed by atoms with E-state index in [1.165, 1.54) is 6.92 Å². The third-order valence-corrected chi connectivity index (χ3v) is 3.30. The van der Waals surface area contributed by atoms with Crippen LogP contribution in [0.4, 0.5) is 4.39 Å². The fraction of sp³-hybridized carbons (Fsp3) is 0.222. The van der Waals surface area contributed by atoms with Crippen LogP contribution >= 0.6 is 22.3 Å². The van der Waals surface area contributed by atoms with E-state index in [0.717, 1.165) is 12.1 Å². The van der Waals surface area contributed by atoms with E-state index in [1.54, 1.807) is 0 Å². The first-order valence-corrected chi connectivity index (χ1v) is 7.07. The van der Waals surface area contributed by atoms with Crippen molar-refractivity contribution in [3.05, 3.63) is 28.5 Å². The highest BCUT2D eigenvalue weighted by atomic mass is 35.7. The Morgan fingerprint density at radius 1 is 1.47 bits per heavy atom. The molecule has 0 amide bonds. The number of hydrogen-bond acceptors (Lipinski definition) is 4. The van der Waals surface area contributed by atoms with E-state index in [2.05, 4.69) is 4.74 Å². The Morgan fingerprint density at radius 3 is 2.53 bits per heavy atom. The summed E-state index contributed by atoms with van der Waals surface area (Å²) in [6, 6.07) is 1.79. The summed E-state index contributed by atoms with van der Waals surface area (Å²) in [6.07, 6.45) is 0. The van der Waals surface area contributed by atoms with Gasteiger partial charge in [-0.2, -0.15) is 0 Å². The zero-order valence-corrected chi connectivity index (χ0v) is 10.9. The number of carbonyl (C=O) groups excluding carboxylic acids is 1. The van der Waals surface area contributed by atoms with E-state index >= 15 is 0 Å². The van der Waals surface area contributed by atoms with Crippen LogP contribution in [0.2, 0.25) is 5.02 Å². The average Bonchev–Trinajstić information content (AvgIpc) is 2.19. The molecule has 0 unspecified atom stereocenters. The van der Waals surface area contributed by atoms with Gasteiger partial charge in [-0.05, 0) is 19.1 Å². The lowest BCUT2D eigenvalue weighted by Crippen LogP contribution is -2.10. The van der Waals surface area contributed by atoms with Gasteiger partial charge in [0.25, 0.3) is 9.05 Å². The van der Waals surface area contributed by atoms with Gasteiger partial charge in [0.2, 0.25) is 0 Å². The molecule has 0 aliphatic rings. The van der Waals surface area contributed by atoms with Gasteiger partial charge in [-0.3, -0.25) is 0 Å². The number of benzene rings is 1. The zero-order valence-electron chi connectivity index (χ0n) is 8.54. The van der Waals surface area contributed by atoms with Crippen LogP contribution in [0, 0.1) is 5.82 Å². The second-order valence-corrected chi connectivity index (χ2v) is 5.89. The molecule has 0 saturated carbocycles. The van der Waals surface area contributed by atoms with Gasteiger partial charge in [-0.15, -0.1) is 0 Å². The van der Waals surface area contributed by atoms with Crippen molar-refractivity contribution in [1.82, 2.24) is 0 Å². The summed E-state index contributed by atoms with van der Waals surface area (Å²) in [5.74, 6) is -2.28. The number of halogens is 3. The molecule has 0 aliphatic heterocycles. The molecule has 0 aromatic heterocycles. The summed E-state index contributed by atoms with van der Waals surface area (Å²) in [7, 11) is 0.689. The van der Waals surface area contributed by atoms with Crippen LogP contribution in [0.15, 0.2) is 17.0 Å². The number of esters is 1. The van der Waals surface area contributed by atoms with Gasteiger partial charge in [-0.25, -0.2) is 17.6 Å². The molecule has 94 valence electrons. The SMILES string of the molecule is CCOC(=O)c1cc(Cl)cc(S(=O)(=O)Cl)c1F. The molecule has 1 aromatic rings. The third kappa shape index (κ3) is 3.31. The van der Waals surface area contributed by atoms with Crippen molar-refractivity contribution in [3.8, 4) is 0 Å².